The van der Waals surface area contributed by atoms with Crippen LogP contribution >= 0.6 is 0 Å². The van der Waals surface area contributed by atoms with Gasteiger partial charge in [-0.15, -0.1) is 6.58 Å². The first-order valence-corrected chi connectivity index (χ1v) is 4.40. The van der Waals surface area contributed by atoms with Crippen molar-refractivity contribution in [1.29, 1.82) is 0 Å². The predicted molar refractivity (Wildman–Crippen MR) is 49.5 cm³/mol. The van der Waals surface area contributed by atoms with Crippen LogP contribution < -0.4 is 0 Å². The zero-order valence-electron chi connectivity index (χ0n) is 7.93. The van der Waals surface area contributed by atoms with Gasteiger partial charge >= 0.3 is 0 Å². The SMILES string of the molecule is C=CCC[C@@](O)(CC)C(C)C. The van der Waals surface area contributed by atoms with E-state index in [4.69, 9.17) is 0 Å². The molecule has 0 spiro atoms. The Hall–Kier alpha value is -0.300. The maximum Gasteiger partial charge on any atom is 0.0670 e. The topological polar surface area (TPSA) is 20.2 Å². The minimum atomic E-state index is -0.478. The molecule has 0 amide bonds. The molecule has 1 nitrogen and oxygen atoms in total. The van der Waals surface area contributed by atoms with Crippen LogP contribution in [0.3, 0.4) is 0 Å². The summed E-state index contributed by atoms with van der Waals surface area (Å²) in [5.74, 6) is 0.340. The maximum absolute atomic E-state index is 9.98. The van der Waals surface area contributed by atoms with Gasteiger partial charge in [0.1, 0.15) is 0 Å². The minimum Gasteiger partial charge on any atom is -0.390 e. The highest BCUT2D eigenvalue weighted by Gasteiger charge is 2.27. The van der Waals surface area contributed by atoms with E-state index in [0.29, 0.717) is 5.92 Å². The van der Waals surface area contributed by atoms with Crippen molar-refractivity contribution in [2.75, 3.05) is 0 Å². The van der Waals surface area contributed by atoms with Crippen molar-refractivity contribution < 1.29 is 5.11 Å². The van der Waals surface area contributed by atoms with Crippen LogP contribution in [0.1, 0.15) is 40.0 Å². The second kappa shape index (κ2) is 4.55. The molecule has 0 unspecified atom stereocenters. The quantitative estimate of drug-likeness (QED) is 0.607. The van der Waals surface area contributed by atoms with E-state index >= 15 is 0 Å². The van der Waals surface area contributed by atoms with E-state index < -0.39 is 5.60 Å². The Kier molecular flexibility index (Phi) is 4.43. The van der Waals surface area contributed by atoms with Gasteiger partial charge < -0.3 is 5.11 Å². The van der Waals surface area contributed by atoms with Crippen molar-refractivity contribution in [3.63, 3.8) is 0 Å². The summed E-state index contributed by atoms with van der Waals surface area (Å²) >= 11 is 0. The lowest BCUT2D eigenvalue weighted by molar-refractivity contribution is -0.0156. The third-order valence-electron chi connectivity index (χ3n) is 2.47. The molecule has 0 bridgehead atoms. The van der Waals surface area contributed by atoms with Gasteiger partial charge in [-0.2, -0.15) is 0 Å². The highest BCUT2D eigenvalue weighted by molar-refractivity contribution is 4.83. The Morgan fingerprint density at radius 1 is 1.55 bits per heavy atom. The summed E-state index contributed by atoms with van der Waals surface area (Å²) in [6.45, 7) is 9.80. The zero-order chi connectivity index (χ0) is 8.91. The summed E-state index contributed by atoms with van der Waals surface area (Å²) in [7, 11) is 0. The molecule has 0 aromatic carbocycles. The second-order valence-electron chi connectivity index (χ2n) is 3.44. The molecule has 1 N–H and O–H groups in total. The first kappa shape index (κ1) is 10.7. The lowest BCUT2D eigenvalue weighted by atomic mass is 9.84. The van der Waals surface area contributed by atoms with Crippen molar-refractivity contribution in [2.24, 2.45) is 5.92 Å². The Morgan fingerprint density at radius 2 is 2.09 bits per heavy atom. The lowest BCUT2D eigenvalue weighted by Crippen LogP contribution is -2.33. The summed E-state index contributed by atoms with van der Waals surface area (Å²) in [6, 6.07) is 0. The molecule has 0 aromatic rings. The van der Waals surface area contributed by atoms with Gasteiger partial charge in [-0.05, 0) is 25.2 Å². The maximum atomic E-state index is 9.98. The molecule has 0 fully saturated rings. The van der Waals surface area contributed by atoms with Crippen molar-refractivity contribution in [3.8, 4) is 0 Å². The van der Waals surface area contributed by atoms with E-state index in [1.54, 1.807) is 0 Å². The highest BCUT2D eigenvalue weighted by Crippen LogP contribution is 2.26. The number of rotatable bonds is 5. The van der Waals surface area contributed by atoms with Crippen LogP contribution in [0, 0.1) is 5.92 Å². The Balaban J connectivity index is 3.98. The lowest BCUT2D eigenvalue weighted by Gasteiger charge is -2.30. The fraction of sp³-hybridized carbons (Fsp3) is 0.800. The summed E-state index contributed by atoms with van der Waals surface area (Å²) in [5, 5.41) is 9.98. The largest absolute Gasteiger partial charge is 0.390 e. The van der Waals surface area contributed by atoms with Gasteiger partial charge in [0.05, 0.1) is 5.60 Å². The smallest absolute Gasteiger partial charge is 0.0670 e. The van der Waals surface area contributed by atoms with Crippen LogP contribution in [0.2, 0.25) is 0 Å². The third kappa shape index (κ3) is 3.06. The molecular formula is C10H20O. The van der Waals surface area contributed by atoms with E-state index in [-0.39, 0.29) is 0 Å². The van der Waals surface area contributed by atoms with Crippen LogP contribution in [0.4, 0.5) is 0 Å². The molecule has 0 aliphatic carbocycles. The third-order valence-corrected chi connectivity index (χ3v) is 2.47. The van der Waals surface area contributed by atoms with Gasteiger partial charge in [0.2, 0.25) is 0 Å². The minimum absolute atomic E-state index is 0.340. The monoisotopic (exact) mass is 156 g/mol. The Morgan fingerprint density at radius 3 is 2.36 bits per heavy atom. The van der Waals surface area contributed by atoms with E-state index in [1.165, 1.54) is 0 Å². The molecule has 0 aromatic heterocycles. The van der Waals surface area contributed by atoms with E-state index in [1.807, 2.05) is 13.0 Å². The summed E-state index contributed by atoms with van der Waals surface area (Å²) in [6.07, 6.45) is 4.44. The number of hydrogen-bond acceptors (Lipinski definition) is 1. The molecule has 11 heavy (non-hydrogen) atoms. The molecule has 0 rings (SSSR count). The van der Waals surface area contributed by atoms with Crippen molar-refractivity contribution in [2.45, 2.75) is 45.6 Å². The van der Waals surface area contributed by atoms with Gasteiger partial charge in [-0.25, -0.2) is 0 Å². The van der Waals surface area contributed by atoms with Gasteiger partial charge in [0.25, 0.3) is 0 Å². The molecule has 0 saturated carbocycles. The Bertz CT molecular complexity index is 118. The van der Waals surface area contributed by atoms with Crippen molar-refractivity contribution >= 4 is 0 Å². The molecule has 0 saturated heterocycles. The zero-order valence-corrected chi connectivity index (χ0v) is 7.93. The van der Waals surface area contributed by atoms with Gasteiger partial charge in [0, 0.05) is 0 Å². The summed E-state index contributed by atoms with van der Waals surface area (Å²) in [4.78, 5) is 0. The normalized spacial score (nSPS) is 16.5. The Labute approximate surface area is 70.1 Å². The van der Waals surface area contributed by atoms with Gasteiger partial charge in [0.15, 0.2) is 0 Å². The van der Waals surface area contributed by atoms with Crippen molar-refractivity contribution in [1.82, 2.24) is 0 Å². The molecule has 0 aliphatic rings. The second-order valence-corrected chi connectivity index (χ2v) is 3.44. The molecule has 1 heteroatoms. The number of aliphatic hydroxyl groups is 1. The predicted octanol–water partition coefficient (Wildman–Crippen LogP) is 2.75. The average Bonchev–Trinajstić information content (AvgIpc) is 2.00. The van der Waals surface area contributed by atoms with Crippen LogP contribution in [0.25, 0.3) is 0 Å². The van der Waals surface area contributed by atoms with Gasteiger partial charge in [-0.1, -0.05) is 26.8 Å². The fourth-order valence-corrected chi connectivity index (χ4v) is 1.23. The molecular weight excluding hydrogens is 136 g/mol. The molecule has 0 radical (unpaired) electrons. The molecule has 1 atom stereocenters. The summed E-state index contributed by atoms with van der Waals surface area (Å²) < 4.78 is 0. The first-order chi connectivity index (χ1) is 5.06. The van der Waals surface area contributed by atoms with Crippen molar-refractivity contribution in [3.05, 3.63) is 12.7 Å². The van der Waals surface area contributed by atoms with E-state index in [0.717, 1.165) is 19.3 Å². The summed E-state index contributed by atoms with van der Waals surface area (Å²) in [5.41, 5.74) is -0.478. The van der Waals surface area contributed by atoms with Crippen LogP contribution in [0.15, 0.2) is 12.7 Å². The standard InChI is InChI=1S/C10H20O/c1-5-7-8-10(11,6-2)9(3)4/h5,9,11H,1,6-8H2,2-4H3/t10-/m0/s1. The first-order valence-electron chi connectivity index (χ1n) is 4.40. The number of allylic oxidation sites excluding steroid dienone is 1. The average molecular weight is 156 g/mol. The van der Waals surface area contributed by atoms with Crippen LogP contribution in [-0.4, -0.2) is 10.7 Å². The van der Waals surface area contributed by atoms with E-state index in [9.17, 15) is 5.11 Å². The van der Waals surface area contributed by atoms with Crippen LogP contribution in [0.5, 0.6) is 0 Å². The number of hydrogen-bond donors (Lipinski definition) is 1. The molecule has 66 valence electrons. The molecule has 0 aliphatic heterocycles. The van der Waals surface area contributed by atoms with Crippen LogP contribution in [-0.2, 0) is 0 Å². The fourth-order valence-electron chi connectivity index (χ4n) is 1.23. The highest BCUT2D eigenvalue weighted by atomic mass is 16.3. The molecule has 0 heterocycles. The van der Waals surface area contributed by atoms with Gasteiger partial charge in [-0.3, -0.25) is 0 Å². The van der Waals surface area contributed by atoms with E-state index in [2.05, 4.69) is 20.4 Å².